The van der Waals surface area contributed by atoms with Gasteiger partial charge in [-0.05, 0) is 34.7 Å². The summed E-state index contributed by atoms with van der Waals surface area (Å²) in [6, 6.07) is 4.58. The summed E-state index contributed by atoms with van der Waals surface area (Å²) in [5.74, 6) is -0.529. The molecule has 0 atom stereocenters. The topological polar surface area (TPSA) is 59.8 Å². The third kappa shape index (κ3) is 3.25. The van der Waals surface area contributed by atoms with Crippen molar-refractivity contribution in [2.75, 3.05) is 5.32 Å². The number of halogens is 2. The van der Waals surface area contributed by atoms with Gasteiger partial charge in [0.25, 0.3) is 0 Å². The van der Waals surface area contributed by atoms with Crippen molar-refractivity contribution in [3.63, 3.8) is 0 Å². The first-order valence-corrected chi connectivity index (χ1v) is 6.31. The van der Waals surface area contributed by atoms with E-state index in [2.05, 4.69) is 15.4 Å². The normalized spacial score (nSPS) is 10.3. The number of hydrogen-bond donors (Lipinski definition) is 1. The van der Waals surface area contributed by atoms with E-state index in [-0.39, 0.29) is 18.1 Å². The Morgan fingerprint density at radius 1 is 1.50 bits per heavy atom. The number of hydrogen-bond acceptors (Lipinski definition) is 3. The van der Waals surface area contributed by atoms with Crippen molar-refractivity contribution >= 4 is 34.2 Å². The minimum atomic E-state index is -0.343. The number of rotatable bonds is 4. The molecule has 18 heavy (non-hydrogen) atoms. The second-order valence-electron chi connectivity index (χ2n) is 3.56. The Balaban J connectivity index is 1.93. The molecule has 94 valence electrons. The van der Waals surface area contributed by atoms with Gasteiger partial charge in [0.2, 0.25) is 5.91 Å². The Labute approximate surface area is 117 Å². The van der Waals surface area contributed by atoms with Gasteiger partial charge >= 0.3 is 0 Å². The van der Waals surface area contributed by atoms with E-state index >= 15 is 0 Å². The first-order chi connectivity index (χ1) is 8.66. The first kappa shape index (κ1) is 12.9. The second-order valence-corrected chi connectivity index (χ2v) is 4.64. The average Bonchev–Trinajstić information content (AvgIpc) is 2.86. The van der Waals surface area contributed by atoms with Crippen molar-refractivity contribution in [2.24, 2.45) is 0 Å². The molecule has 0 aliphatic heterocycles. The second kappa shape index (κ2) is 5.89. The molecule has 1 amide bonds. The predicted molar refractivity (Wildman–Crippen MR) is 72.4 cm³/mol. The standard InChI is InChI=1S/C11H10FIN4O/c12-8-2-1-3-9(11(8)13)16-10(18)4-5-17-7-14-6-15-17/h1-3,6-7H,4-5H2,(H,16,18). The van der Waals surface area contributed by atoms with Crippen LogP contribution in [0, 0.1) is 9.39 Å². The fourth-order valence-electron chi connectivity index (χ4n) is 1.38. The quantitative estimate of drug-likeness (QED) is 0.850. The van der Waals surface area contributed by atoms with Crippen molar-refractivity contribution < 1.29 is 9.18 Å². The largest absolute Gasteiger partial charge is 0.325 e. The van der Waals surface area contributed by atoms with Gasteiger partial charge in [-0.15, -0.1) is 0 Å². The van der Waals surface area contributed by atoms with Gasteiger partial charge in [0, 0.05) is 6.42 Å². The average molecular weight is 360 g/mol. The number of carbonyl (C=O) groups is 1. The van der Waals surface area contributed by atoms with Gasteiger partial charge in [0.1, 0.15) is 18.5 Å². The zero-order valence-corrected chi connectivity index (χ0v) is 11.5. The van der Waals surface area contributed by atoms with Crippen LogP contribution >= 0.6 is 22.6 Å². The Morgan fingerprint density at radius 2 is 2.33 bits per heavy atom. The lowest BCUT2D eigenvalue weighted by Crippen LogP contribution is -2.15. The Morgan fingerprint density at radius 3 is 3.06 bits per heavy atom. The molecule has 0 spiro atoms. The molecule has 1 aromatic heterocycles. The summed E-state index contributed by atoms with van der Waals surface area (Å²) in [5.41, 5.74) is 0.485. The number of amides is 1. The fourth-order valence-corrected chi connectivity index (χ4v) is 1.87. The minimum absolute atomic E-state index is 0.186. The van der Waals surface area contributed by atoms with Crippen molar-refractivity contribution in [1.29, 1.82) is 0 Å². The van der Waals surface area contributed by atoms with Gasteiger partial charge in [0.15, 0.2) is 0 Å². The van der Waals surface area contributed by atoms with Crippen LogP contribution in [0.1, 0.15) is 6.42 Å². The zero-order chi connectivity index (χ0) is 13.0. The van der Waals surface area contributed by atoms with Crippen LogP contribution in [0.15, 0.2) is 30.9 Å². The monoisotopic (exact) mass is 360 g/mol. The van der Waals surface area contributed by atoms with Crippen molar-refractivity contribution in [1.82, 2.24) is 14.8 Å². The molecule has 0 aliphatic rings. The number of anilines is 1. The van der Waals surface area contributed by atoms with Crippen LogP contribution in [0.3, 0.4) is 0 Å². The van der Waals surface area contributed by atoms with Crippen LogP contribution in [-0.4, -0.2) is 20.7 Å². The van der Waals surface area contributed by atoms with E-state index in [4.69, 9.17) is 0 Å². The number of carbonyl (C=O) groups excluding carboxylic acids is 1. The van der Waals surface area contributed by atoms with Crippen LogP contribution in [-0.2, 0) is 11.3 Å². The van der Waals surface area contributed by atoms with E-state index in [0.717, 1.165) is 0 Å². The molecule has 2 aromatic rings. The molecule has 1 heterocycles. The van der Waals surface area contributed by atoms with E-state index in [1.54, 1.807) is 23.1 Å². The zero-order valence-electron chi connectivity index (χ0n) is 9.31. The molecule has 0 bridgehead atoms. The molecule has 0 saturated heterocycles. The summed E-state index contributed by atoms with van der Waals surface area (Å²) in [5, 5.41) is 6.56. The van der Waals surface area contributed by atoms with Crippen molar-refractivity contribution in [3.05, 3.63) is 40.2 Å². The molecular formula is C11H10FIN4O. The molecular weight excluding hydrogens is 350 g/mol. The Kier molecular flexibility index (Phi) is 4.24. The van der Waals surface area contributed by atoms with Gasteiger partial charge in [0.05, 0.1) is 15.8 Å². The van der Waals surface area contributed by atoms with E-state index < -0.39 is 0 Å². The number of aryl methyl sites for hydroxylation is 1. The highest BCUT2D eigenvalue weighted by molar-refractivity contribution is 14.1. The van der Waals surface area contributed by atoms with E-state index in [0.29, 0.717) is 15.8 Å². The van der Waals surface area contributed by atoms with Crippen LogP contribution in [0.4, 0.5) is 10.1 Å². The summed E-state index contributed by atoms with van der Waals surface area (Å²) in [7, 11) is 0. The number of nitrogens with one attached hydrogen (secondary N) is 1. The van der Waals surface area contributed by atoms with Crippen molar-refractivity contribution in [3.8, 4) is 0 Å². The maximum atomic E-state index is 13.3. The molecule has 1 N–H and O–H groups in total. The highest BCUT2D eigenvalue weighted by atomic mass is 127. The number of nitrogens with zero attached hydrogens (tertiary/aromatic N) is 3. The number of benzene rings is 1. The van der Waals surface area contributed by atoms with Gasteiger partial charge < -0.3 is 5.32 Å². The lowest BCUT2D eigenvalue weighted by molar-refractivity contribution is -0.116. The molecule has 1 aromatic carbocycles. The fraction of sp³-hybridized carbons (Fsp3) is 0.182. The highest BCUT2D eigenvalue weighted by Gasteiger charge is 2.08. The van der Waals surface area contributed by atoms with Gasteiger partial charge in [-0.3, -0.25) is 9.48 Å². The van der Waals surface area contributed by atoms with Gasteiger partial charge in [-0.2, -0.15) is 5.10 Å². The van der Waals surface area contributed by atoms with Crippen LogP contribution in [0.25, 0.3) is 0 Å². The maximum Gasteiger partial charge on any atom is 0.226 e. The van der Waals surface area contributed by atoms with Crippen LogP contribution in [0.5, 0.6) is 0 Å². The molecule has 0 saturated carbocycles. The van der Waals surface area contributed by atoms with Gasteiger partial charge in [-0.25, -0.2) is 9.37 Å². The lowest BCUT2D eigenvalue weighted by Gasteiger charge is -2.07. The molecule has 0 unspecified atom stereocenters. The summed E-state index contributed by atoms with van der Waals surface area (Å²) in [6.07, 6.45) is 3.21. The predicted octanol–water partition coefficient (Wildman–Crippen LogP) is 2.05. The van der Waals surface area contributed by atoms with E-state index in [1.165, 1.54) is 12.4 Å². The van der Waals surface area contributed by atoms with Crippen LogP contribution in [0.2, 0.25) is 0 Å². The minimum Gasteiger partial charge on any atom is -0.325 e. The third-order valence-electron chi connectivity index (χ3n) is 2.26. The van der Waals surface area contributed by atoms with Gasteiger partial charge in [-0.1, -0.05) is 6.07 Å². The molecule has 0 radical (unpaired) electrons. The third-order valence-corrected chi connectivity index (χ3v) is 3.36. The molecule has 0 aliphatic carbocycles. The Hall–Kier alpha value is -1.51. The summed E-state index contributed by atoms with van der Waals surface area (Å²) >= 11 is 1.86. The van der Waals surface area contributed by atoms with E-state index in [9.17, 15) is 9.18 Å². The SMILES string of the molecule is O=C(CCn1cncn1)Nc1cccc(F)c1I. The molecule has 2 rings (SSSR count). The smallest absolute Gasteiger partial charge is 0.226 e. The molecule has 0 fully saturated rings. The van der Waals surface area contributed by atoms with Crippen LogP contribution < -0.4 is 5.32 Å². The lowest BCUT2D eigenvalue weighted by atomic mass is 10.3. The molecule has 5 nitrogen and oxygen atoms in total. The summed E-state index contributed by atoms with van der Waals surface area (Å²) in [6.45, 7) is 0.442. The van der Waals surface area contributed by atoms with E-state index in [1.807, 2.05) is 22.6 Å². The first-order valence-electron chi connectivity index (χ1n) is 5.23. The summed E-state index contributed by atoms with van der Waals surface area (Å²) in [4.78, 5) is 15.5. The number of aromatic nitrogens is 3. The Bertz CT molecular complexity index is 544. The van der Waals surface area contributed by atoms with Crippen molar-refractivity contribution in [2.45, 2.75) is 13.0 Å². The highest BCUT2D eigenvalue weighted by Crippen LogP contribution is 2.20. The summed E-state index contributed by atoms with van der Waals surface area (Å²) < 4.78 is 15.2. The maximum absolute atomic E-state index is 13.3. The molecule has 7 heteroatoms.